The highest BCUT2D eigenvalue weighted by Crippen LogP contribution is 2.25. The summed E-state index contributed by atoms with van der Waals surface area (Å²) >= 11 is 15.1. The third-order valence-electron chi connectivity index (χ3n) is 2.48. The van der Waals surface area contributed by atoms with Crippen molar-refractivity contribution in [1.29, 1.82) is 0 Å². The monoisotopic (exact) mass is 372 g/mol. The molecule has 2 aromatic rings. The van der Waals surface area contributed by atoms with Crippen LogP contribution in [0.2, 0.25) is 10.0 Å². The van der Waals surface area contributed by atoms with Crippen LogP contribution in [0.5, 0.6) is 0 Å². The van der Waals surface area contributed by atoms with Crippen molar-refractivity contribution < 1.29 is 4.79 Å². The number of anilines is 2. The molecule has 2 N–H and O–H groups in total. The number of amides is 1. The van der Waals surface area contributed by atoms with Crippen LogP contribution in [-0.4, -0.2) is 12.5 Å². The zero-order chi connectivity index (χ0) is 14.5. The van der Waals surface area contributed by atoms with Crippen LogP contribution in [0.15, 0.2) is 46.9 Å². The highest BCUT2D eigenvalue weighted by molar-refractivity contribution is 9.10. The number of carbonyl (C=O) groups is 1. The van der Waals surface area contributed by atoms with Gasteiger partial charge in [0.25, 0.3) is 0 Å². The summed E-state index contributed by atoms with van der Waals surface area (Å²) in [5.74, 6) is -0.154. The summed E-state index contributed by atoms with van der Waals surface area (Å²) < 4.78 is 0.777. The van der Waals surface area contributed by atoms with Crippen molar-refractivity contribution in [1.82, 2.24) is 0 Å². The Morgan fingerprint density at radius 2 is 1.90 bits per heavy atom. The molecule has 0 bridgehead atoms. The lowest BCUT2D eigenvalue weighted by Gasteiger charge is -2.08. The molecule has 0 aliphatic carbocycles. The average molecular weight is 374 g/mol. The number of hydrogen-bond donors (Lipinski definition) is 2. The fraction of sp³-hybridized carbons (Fsp3) is 0.0714. The fourth-order valence-electron chi connectivity index (χ4n) is 1.56. The van der Waals surface area contributed by atoms with Crippen LogP contribution in [0.25, 0.3) is 0 Å². The first kappa shape index (κ1) is 15.2. The first-order valence-corrected chi connectivity index (χ1v) is 7.34. The number of benzene rings is 2. The summed E-state index contributed by atoms with van der Waals surface area (Å²) in [6.07, 6.45) is 0. The molecule has 0 saturated carbocycles. The molecule has 0 atom stereocenters. The van der Waals surface area contributed by atoms with Gasteiger partial charge >= 0.3 is 0 Å². The van der Waals surface area contributed by atoms with E-state index in [0.29, 0.717) is 15.7 Å². The van der Waals surface area contributed by atoms with Gasteiger partial charge in [-0.05, 0) is 52.3 Å². The number of carbonyl (C=O) groups excluding carboxylic acids is 1. The van der Waals surface area contributed by atoms with Crippen molar-refractivity contribution in [3.8, 4) is 0 Å². The molecule has 1 amide bonds. The van der Waals surface area contributed by atoms with Crippen molar-refractivity contribution in [2.75, 3.05) is 17.2 Å². The lowest BCUT2D eigenvalue weighted by molar-refractivity contribution is -0.114. The van der Waals surface area contributed by atoms with Crippen LogP contribution in [0.3, 0.4) is 0 Å². The largest absolute Gasteiger partial charge is 0.376 e. The molecule has 0 aliphatic heterocycles. The molecular formula is C14H11BrCl2N2O. The molecule has 0 saturated heterocycles. The standard InChI is InChI=1S/C14H11BrCl2N2O/c15-12-7-10(4-5-13(12)17)18-8-14(20)19-11-3-1-2-9(16)6-11/h1-7,18H,8H2,(H,19,20). The maximum Gasteiger partial charge on any atom is 0.243 e. The van der Waals surface area contributed by atoms with Crippen molar-refractivity contribution in [3.05, 3.63) is 57.0 Å². The molecule has 0 spiro atoms. The van der Waals surface area contributed by atoms with Gasteiger partial charge < -0.3 is 10.6 Å². The molecule has 0 unspecified atom stereocenters. The van der Waals surface area contributed by atoms with Crippen LogP contribution in [0, 0.1) is 0 Å². The number of rotatable bonds is 4. The summed E-state index contributed by atoms with van der Waals surface area (Å²) in [5, 5.41) is 6.97. The van der Waals surface area contributed by atoms with Gasteiger partial charge in [-0.2, -0.15) is 0 Å². The minimum absolute atomic E-state index is 0.153. The highest BCUT2D eigenvalue weighted by Gasteiger charge is 2.04. The molecule has 0 aromatic heterocycles. The minimum atomic E-state index is -0.154. The maximum atomic E-state index is 11.8. The Balaban J connectivity index is 1.90. The number of halogens is 3. The van der Waals surface area contributed by atoms with Crippen molar-refractivity contribution >= 4 is 56.4 Å². The first-order chi connectivity index (χ1) is 9.54. The van der Waals surface area contributed by atoms with Crippen molar-refractivity contribution in [3.63, 3.8) is 0 Å². The Hall–Kier alpha value is -1.23. The molecule has 0 fully saturated rings. The van der Waals surface area contributed by atoms with Gasteiger partial charge in [0.05, 0.1) is 11.6 Å². The van der Waals surface area contributed by atoms with Gasteiger partial charge in [0.1, 0.15) is 0 Å². The molecule has 2 aromatic carbocycles. The molecule has 0 aliphatic rings. The van der Waals surface area contributed by atoms with E-state index in [2.05, 4.69) is 26.6 Å². The molecule has 0 radical (unpaired) electrons. The molecule has 104 valence electrons. The van der Waals surface area contributed by atoms with Gasteiger partial charge in [0.15, 0.2) is 0 Å². The third-order valence-corrected chi connectivity index (χ3v) is 3.93. The van der Waals surface area contributed by atoms with Gasteiger partial charge in [-0.3, -0.25) is 4.79 Å². The van der Waals surface area contributed by atoms with E-state index in [-0.39, 0.29) is 12.5 Å². The quantitative estimate of drug-likeness (QED) is 0.807. The first-order valence-electron chi connectivity index (χ1n) is 5.79. The molecule has 0 heterocycles. The lowest BCUT2D eigenvalue weighted by atomic mass is 10.3. The zero-order valence-electron chi connectivity index (χ0n) is 10.3. The Morgan fingerprint density at radius 1 is 1.10 bits per heavy atom. The number of hydrogen-bond acceptors (Lipinski definition) is 2. The summed E-state index contributed by atoms with van der Waals surface area (Å²) in [4.78, 5) is 11.8. The van der Waals surface area contributed by atoms with E-state index in [9.17, 15) is 4.79 Å². The minimum Gasteiger partial charge on any atom is -0.376 e. The molecule has 20 heavy (non-hydrogen) atoms. The van der Waals surface area contributed by atoms with Gasteiger partial charge in [0.2, 0.25) is 5.91 Å². The van der Waals surface area contributed by atoms with E-state index in [1.54, 1.807) is 36.4 Å². The molecular weight excluding hydrogens is 363 g/mol. The van der Waals surface area contributed by atoms with Crippen LogP contribution in [0.1, 0.15) is 0 Å². The van der Waals surface area contributed by atoms with Gasteiger partial charge in [-0.1, -0.05) is 29.3 Å². The van der Waals surface area contributed by atoms with Crippen LogP contribution < -0.4 is 10.6 Å². The van der Waals surface area contributed by atoms with E-state index in [4.69, 9.17) is 23.2 Å². The SMILES string of the molecule is O=C(CNc1ccc(Cl)c(Br)c1)Nc1cccc(Cl)c1. The highest BCUT2D eigenvalue weighted by atomic mass is 79.9. The topological polar surface area (TPSA) is 41.1 Å². The summed E-state index contributed by atoms with van der Waals surface area (Å²) in [5.41, 5.74) is 1.48. The Bertz CT molecular complexity index is 634. The fourth-order valence-corrected chi connectivity index (χ4v) is 2.25. The smallest absolute Gasteiger partial charge is 0.243 e. The van der Waals surface area contributed by atoms with Crippen LogP contribution in [-0.2, 0) is 4.79 Å². The third kappa shape index (κ3) is 4.40. The second-order valence-electron chi connectivity index (χ2n) is 4.04. The van der Waals surface area contributed by atoms with Crippen molar-refractivity contribution in [2.45, 2.75) is 0 Å². The van der Waals surface area contributed by atoms with E-state index in [0.717, 1.165) is 10.2 Å². The molecule has 3 nitrogen and oxygen atoms in total. The van der Waals surface area contributed by atoms with Gasteiger partial charge in [-0.15, -0.1) is 0 Å². The second-order valence-corrected chi connectivity index (χ2v) is 5.74. The Kier molecular flexibility index (Phi) is 5.29. The summed E-state index contributed by atoms with van der Waals surface area (Å²) in [7, 11) is 0. The molecule has 2 rings (SSSR count). The van der Waals surface area contributed by atoms with Crippen molar-refractivity contribution in [2.24, 2.45) is 0 Å². The Morgan fingerprint density at radius 3 is 2.60 bits per heavy atom. The van der Waals surface area contributed by atoms with E-state index >= 15 is 0 Å². The maximum absolute atomic E-state index is 11.8. The molecule has 6 heteroatoms. The van der Waals surface area contributed by atoms with Gasteiger partial charge in [-0.25, -0.2) is 0 Å². The summed E-state index contributed by atoms with van der Waals surface area (Å²) in [6, 6.07) is 12.4. The van der Waals surface area contributed by atoms with Crippen LogP contribution in [0.4, 0.5) is 11.4 Å². The average Bonchev–Trinajstić information content (AvgIpc) is 2.40. The number of nitrogens with one attached hydrogen (secondary N) is 2. The van der Waals surface area contributed by atoms with E-state index in [1.807, 2.05) is 6.07 Å². The van der Waals surface area contributed by atoms with E-state index in [1.165, 1.54) is 0 Å². The van der Waals surface area contributed by atoms with Crippen LogP contribution >= 0.6 is 39.1 Å². The lowest BCUT2D eigenvalue weighted by Crippen LogP contribution is -2.21. The second kappa shape index (κ2) is 6.97. The predicted octanol–water partition coefficient (Wildman–Crippen LogP) is 4.81. The Labute approximate surface area is 135 Å². The normalized spacial score (nSPS) is 10.2. The van der Waals surface area contributed by atoms with E-state index < -0.39 is 0 Å². The summed E-state index contributed by atoms with van der Waals surface area (Å²) in [6.45, 7) is 0.153. The predicted molar refractivity (Wildman–Crippen MR) is 87.7 cm³/mol. The zero-order valence-corrected chi connectivity index (χ0v) is 13.4. The van der Waals surface area contributed by atoms with Gasteiger partial charge in [0, 0.05) is 20.9 Å².